The Labute approximate surface area is 92.0 Å². The van der Waals surface area contributed by atoms with Crippen LogP contribution in [-0.2, 0) is 0 Å². The molecule has 0 aliphatic heterocycles. The lowest BCUT2D eigenvalue weighted by Crippen LogP contribution is -2.02. The maximum atomic E-state index is 13.3. The fraction of sp³-hybridized carbons (Fsp3) is 0.273. The van der Waals surface area contributed by atoms with Crippen LogP contribution in [0.2, 0.25) is 5.02 Å². The van der Waals surface area contributed by atoms with Gasteiger partial charge in [-0.05, 0) is 25.5 Å². The van der Waals surface area contributed by atoms with Gasteiger partial charge >= 0.3 is 0 Å². The molecule has 1 aromatic carbocycles. The Morgan fingerprint density at radius 2 is 2.07 bits per heavy atom. The molecule has 4 heteroatoms. The predicted octanol–water partition coefficient (Wildman–Crippen LogP) is 3.62. The van der Waals surface area contributed by atoms with Crippen LogP contribution in [0.5, 0.6) is 0 Å². The second-order valence-electron chi connectivity index (χ2n) is 3.46. The van der Waals surface area contributed by atoms with Crippen LogP contribution in [0.3, 0.4) is 0 Å². The molecule has 0 aliphatic carbocycles. The van der Waals surface area contributed by atoms with Gasteiger partial charge < -0.3 is 5.11 Å². The van der Waals surface area contributed by atoms with Crippen molar-refractivity contribution in [3.8, 4) is 0 Å². The van der Waals surface area contributed by atoms with Crippen LogP contribution in [0.15, 0.2) is 24.3 Å². The van der Waals surface area contributed by atoms with Crippen molar-refractivity contribution in [3.63, 3.8) is 0 Å². The molecule has 0 heterocycles. The topological polar surface area (TPSA) is 20.2 Å². The van der Waals surface area contributed by atoms with Crippen molar-refractivity contribution in [2.24, 2.45) is 0 Å². The van der Waals surface area contributed by atoms with E-state index in [0.717, 1.165) is 12.1 Å². The summed E-state index contributed by atoms with van der Waals surface area (Å²) in [6.45, 7) is 5.29. The van der Waals surface area contributed by atoms with E-state index in [9.17, 15) is 13.9 Å². The molecule has 1 N–H and O–H groups in total. The van der Waals surface area contributed by atoms with Gasteiger partial charge in [0.05, 0.1) is 11.1 Å². The van der Waals surface area contributed by atoms with Crippen LogP contribution in [0.1, 0.15) is 25.0 Å². The van der Waals surface area contributed by atoms with Gasteiger partial charge in [0.1, 0.15) is 11.6 Å². The first kappa shape index (κ1) is 12.1. The van der Waals surface area contributed by atoms with Crippen LogP contribution in [0, 0.1) is 11.6 Å². The minimum atomic E-state index is -1.09. The fourth-order valence-electron chi connectivity index (χ4n) is 1.23. The lowest BCUT2D eigenvalue weighted by molar-refractivity contribution is 0.173. The molecule has 0 bridgehead atoms. The number of hydrogen-bond donors (Lipinski definition) is 1. The van der Waals surface area contributed by atoms with Crippen LogP contribution in [-0.4, -0.2) is 5.11 Å². The Morgan fingerprint density at radius 1 is 1.47 bits per heavy atom. The molecule has 0 saturated heterocycles. The molecule has 1 unspecified atom stereocenters. The number of hydrogen-bond acceptors (Lipinski definition) is 1. The first-order valence-electron chi connectivity index (χ1n) is 4.38. The zero-order valence-corrected chi connectivity index (χ0v) is 8.98. The molecule has 82 valence electrons. The molecule has 0 aromatic heterocycles. The molecule has 0 spiro atoms. The summed E-state index contributed by atoms with van der Waals surface area (Å²) in [5.41, 5.74) is 0.595. The Hall–Kier alpha value is -0.930. The van der Waals surface area contributed by atoms with Crippen molar-refractivity contribution in [1.29, 1.82) is 0 Å². The largest absolute Gasteiger partial charge is 0.388 e. The summed E-state index contributed by atoms with van der Waals surface area (Å²) in [4.78, 5) is 0. The van der Waals surface area contributed by atoms with Gasteiger partial charge in [0.2, 0.25) is 0 Å². The minimum Gasteiger partial charge on any atom is -0.388 e. The van der Waals surface area contributed by atoms with E-state index in [1.165, 1.54) is 0 Å². The van der Waals surface area contributed by atoms with Crippen molar-refractivity contribution in [2.45, 2.75) is 19.4 Å². The summed E-state index contributed by atoms with van der Waals surface area (Å²) in [7, 11) is 0. The summed E-state index contributed by atoms with van der Waals surface area (Å²) < 4.78 is 26.3. The Bertz CT molecular complexity index is 390. The van der Waals surface area contributed by atoms with E-state index in [4.69, 9.17) is 11.6 Å². The number of benzene rings is 1. The third-order valence-electron chi connectivity index (χ3n) is 1.94. The monoisotopic (exact) mass is 232 g/mol. The molecular weight excluding hydrogens is 222 g/mol. The van der Waals surface area contributed by atoms with Crippen molar-refractivity contribution >= 4 is 11.6 Å². The maximum absolute atomic E-state index is 13.3. The van der Waals surface area contributed by atoms with Crippen molar-refractivity contribution in [2.75, 3.05) is 0 Å². The maximum Gasteiger partial charge on any atom is 0.142 e. The lowest BCUT2D eigenvalue weighted by atomic mass is 10.0. The molecule has 1 rings (SSSR count). The highest BCUT2D eigenvalue weighted by Crippen LogP contribution is 2.27. The normalized spacial score (nSPS) is 12.6. The Kier molecular flexibility index (Phi) is 3.83. The number of rotatable bonds is 3. The van der Waals surface area contributed by atoms with Crippen LogP contribution < -0.4 is 0 Å². The van der Waals surface area contributed by atoms with E-state index >= 15 is 0 Å². The quantitative estimate of drug-likeness (QED) is 0.623. The number of aliphatic hydroxyl groups excluding tert-OH is 1. The Morgan fingerprint density at radius 3 is 2.60 bits per heavy atom. The van der Waals surface area contributed by atoms with Gasteiger partial charge in [0, 0.05) is 5.56 Å². The standard InChI is InChI=1S/C11H11ClF2O/c1-6(2)3-11(15)7-4-10(14)8(12)5-9(7)13/h4-5,11,15H,1,3H2,2H3. The average Bonchev–Trinajstić information content (AvgIpc) is 2.09. The smallest absolute Gasteiger partial charge is 0.142 e. The number of halogens is 3. The van der Waals surface area contributed by atoms with Crippen LogP contribution in [0.25, 0.3) is 0 Å². The second-order valence-corrected chi connectivity index (χ2v) is 3.87. The Balaban J connectivity index is 3.03. The molecule has 0 radical (unpaired) electrons. The minimum absolute atomic E-state index is 0.0973. The molecule has 15 heavy (non-hydrogen) atoms. The zero-order valence-electron chi connectivity index (χ0n) is 8.23. The SMILES string of the molecule is C=C(C)CC(O)c1cc(F)c(Cl)cc1F. The molecule has 0 fully saturated rings. The van der Waals surface area contributed by atoms with Gasteiger partial charge in [-0.1, -0.05) is 17.2 Å². The van der Waals surface area contributed by atoms with E-state index in [1.807, 2.05) is 0 Å². The summed E-state index contributed by atoms with van der Waals surface area (Å²) >= 11 is 5.38. The van der Waals surface area contributed by atoms with Crippen molar-refractivity contribution in [3.05, 3.63) is 46.5 Å². The van der Waals surface area contributed by atoms with E-state index in [0.29, 0.717) is 5.57 Å². The number of aliphatic hydroxyl groups is 1. The van der Waals surface area contributed by atoms with E-state index in [-0.39, 0.29) is 17.0 Å². The van der Waals surface area contributed by atoms with E-state index < -0.39 is 17.7 Å². The van der Waals surface area contributed by atoms with Crippen molar-refractivity contribution in [1.82, 2.24) is 0 Å². The van der Waals surface area contributed by atoms with Crippen LogP contribution >= 0.6 is 11.6 Å². The highest BCUT2D eigenvalue weighted by molar-refractivity contribution is 6.30. The molecule has 1 nitrogen and oxygen atoms in total. The second kappa shape index (κ2) is 4.73. The lowest BCUT2D eigenvalue weighted by Gasteiger charge is -2.12. The third kappa shape index (κ3) is 3.01. The zero-order chi connectivity index (χ0) is 11.6. The first-order valence-corrected chi connectivity index (χ1v) is 4.76. The van der Waals surface area contributed by atoms with Gasteiger partial charge in [-0.15, -0.1) is 6.58 Å². The molecule has 0 saturated carbocycles. The van der Waals surface area contributed by atoms with Crippen LogP contribution in [0.4, 0.5) is 8.78 Å². The molecule has 1 aromatic rings. The fourth-order valence-corrected chi connectivity index (χ4v) is 1.38. The third-order valence-corrected chi connectivity index (χ3v) is 2.23. The van der Waals surface area contributed by atoms with Gasteiger partial charge in [0.25, 0.3) is 0 Å². The van der Waals surface area contributed by atoms with E-state index in [1.54, 1.807) is 6.92 Å². The molecule has 0 aliphatic rings. The van der Waals surface area contributed by atoms with Crippen molar-refractivity contribution < 1.29 is 13.9 Å². The van der Waals surface area contributed by atoms with Gasteiger partial charge in [-0.25, -0.2) is 8.78 Å². The predicted molar refractivity (Wildman–Crippen MR) is 55.8 cm³/mol. The highest BCUT2D eigenvalue weighted by Gasteiger charge is 2.15. The van der Waals surface area contributed by atoms with E-state index in [2.05, 4.69) is 6.58 Å². The summed E-state index contributed by atoms with van der Waals surface area (Å²) in [5.74, 6) is -1.45. The first-order chi connectivity index (χ1) is 6.91. The molecule has 1 atom stereocenters. The summed E-state index contributed by atoms with van der Waals surface area (Å²) in [6.07, 6.45) is -0.896. The molecule has 0 amide bonds. The summed E-state index contributed by atoms with van der Waals surface area (Å²) in [6, 6.07) is 1.76. The van der Waals surface area contributed by atoms with Gasteiger partial charge in [-0.2, -0.15) is 0 Å². The van der Waals surface area contributed by atoms with Gasteiger partial charge in [0.15, 0.2) is 0 Å². The van der Waals surface area contributed by atoms with Gasteiger partial charge in [-0.3, -0.25) is 0 Å². The highest BCUT2D eigenvalue weighted by atomic mass is 35.5. The summed E-state index contributed by atoms with van der Waals surface area (Å²) in [5, 5.41) is 9.28. The molecular formula is C11H11ClF2O. The average molecular weight is 233 g/mol.